The highest BCUT2D eigenvalue weighted by Gasteiger charge is 2.22. The summed E-state index contributed by atoms with van der Waals surface area (Å²) in [6.07, 6.45) is 5.46. The molecule has 4 heterocycles. The minimum Gasteiger partial charge on any atom is -0.456 e. The summed E-state index contributed by atoms with van der Waals surface area (Å²) in [5, 5.41) is 0. The van der Waals surface area contributed by atoms with E-state index in [1.165, 1.54) is 0 Å². The van der Waals surface area contributed by atoms with Crippen molar-refractivity contribution in [3.63, 3.8) is 0 Å². The number of hydrogen-bond donors (Lipinski definition) is 0. The van der Waals surface area contributed by atoms with Gasteiger partial charge in [-0.05, 0) is 81.9 Å². The number of benzene rings is 6. The van der Waals surface area contributed by atoms with Crippen LogP contribution in [-0.4, -0.2) is 19.9 Å². The molecular weight excluding hydrogens is 673 g/mol. The van der Waals surface area contributed by atoms with Gasteiger partial charge in [-0.1, -0.05) is 127 Å². The Hall–Kier alpha value is -7.50. The molecule has 10 rings (SSSR count). The lowest BCUT2D eigenvalue weighted by Gasteiger charge is -2.18. The Morgan fingerprint density at radius 2 is 0.836 bits per heavy atom. The van der Waals surface area contributed by atoms with Crippen LogP contribution in [0, 0.1) is 0 Å². The van der Waals surface area contributed by atoms with Crippen LogP contribution in [0.5, 0.6) is 11.5 Å². The van der Waals surface area contributed by atoms with Crippen molar-refractivity contribution in [2.24, 2.45) is 0 Å². The van der Waals surface area contributed by atoms with E-state index in [1.807, 2.05) is 79.1 Å². The molecule has 1 aliphatic heterocycles. The lowest BCUT2D eigenvalue weighted by atomic mass is 9.86. The fraction of sp³-hybridized carbons (Fsp3) is 0. The summed E-state index contributed by atoms with van der Waals surface area (Å²) in [5.41, 5.74) is 14.9. The zero-order chi connectivity index (χ0) is 36.6. The normalized spacial score (nSPS) is 11.4. The summed E-state index contributed by atoms with van der Waals surface area (Å²) < 4.78 is 6.89. The molecule has 258 valence electrons. The first-order valence-corrected chi connectivity index (χ1v) is 18.3. The second kappa shape index (κ2) is 13.8. The number of para-hydroxylation sites is 2. The Morgan fingerprint density at radius 1 is 0.327 bits per heavy atom. The number of pyridine rings is 2. The van der Waals surface area contributed by atoms with E-state index in [-0.39, 0.29) is 0 Å². The molecule has 1 aliphatic rings. The third-order valence-corrected chi connectivity index (χ3v) is 10.1. The molecule has 0 amide bonds. The predicted octanol–water partition coefficient (Wildman–Crippen LogP) is 12.7. The number of hydrogen-bond acceptors (Lipinski definition) is 5. The molecule has 55 heavy (non-hydrogen) atoms. The number of aromatic nitrogens is 4. The lowest BCUT2D eigenvalue weighted by Crippen LogP contribution is -1.98. The van der Waals surface area contributed by atoms with Crippen LogP contribution >= 0.6 is 0 Å². The van der Waals surface area contributed by atoms with Gasteiger partial charge in [-0.25, -0.2) is 9.97 Å². The lowest BCUT2D eigenvalue weighted by molar-refractivity contribution is 0.486. The standard InChI is InChI=1S/C50H32N4O/c1-2-13-33(14-3-1)46-30-47(36-25-27-45(52-32-36)35-15-12-28-51-31-35)54-50(53-46)34-24-26-41-39-18-5-4-16-37(39)38-17-6-7-19-40(38)42-20-8-10-22-48(42)55-49-23-11-9-21-43(49)44(41)29-34/h1-32H. The smallest absolute Gasteiger partial charge is 0.160 e. The predicted molar refractivity (Wildman–Crippen MR) is 221 cm³/mol. The first-order valence-electron chi connectivity index (χ1n) is 18.3. The van der Waals surface area contributed by atoms with Crippen LogP contribution in [0.4, 0.5) is 0 Å². The van der Waals surface area contributed by atoms with Gasteiger partial charge in [0.1, 0.15) is 11.5 Å². The number of ether oxygens (including phenoxy) is 1. The molecule has 5 heteroatoms. The van der Waals surface area contributed by atoms with Crippen molar-refractivity contribution in [1.29, 1.82) is 0 Å². The molecule has 0 saturated carbocycles. The molecule has 0 fully saturated rings. The number of fused-ring (bicyclic) bond motifs is 9. The van der Waals surface area contributed by atoms with Gasteiger partial charge in [0.05, 0.1) is 17.1 Å². The van der Waals surface area contributed by atoms with Gasteiger partial charge in [0.15, 0.2) is 5.82 Å². The quantitative estimate of drug-likeness (QED) is 0.182. The maximum absolute atomic E-state index is 6.89. The molecule has 9 aromatic rings. The molecule has 0 bridgehead atoms. The van der Waals surface area contributed by atoms with Crippen LogP contribution in [-0.2, 0) is 0 Å². The van der Waals surface area contributed by atoms with Gasteiger partial charge >= 0.3 is 0 Å². The van der Waals surface area contributed by atoms with Crippen LogP contribution in [0.15, 0.2) is 195 Å². The van der Waals surface area contributed by atoms with E-state index in [2.05, 4.69) is 114 Å². The van der Waals surface area contributed by atoms with Crippen molar-refractivity contribution in [3.8, 4) is 101 Å². The van der Waals surface area contributed by atoms with Crippen molar-refractivity contribution in [2.75, 3.05) is 0 Å². The van der Waals surface area contributed by atoms with E-state index in [0.29, 0.717) is 5.82 Å². The van der Waals surface area contributed by atoms with Gasteiger partial charge in [-0.3, -0.25) is 9.97 Å². The largest absolute Gasteiger partial charge is 0.456 e. The van der Waals surface area contributed by atoms with Gasteiger partial charge in [0.2, 0.25) is 0 Å². The molecule has 0 radical (unpaired) electrons. The van der Waals surface area contributed by atoms with Crippen LogP contribution < -0.4 is 4.74 Å². The minimum absolute atomic E-state index is 0.618. The molecule has 0 saturated heterocycles. The van der Waals surface area contributed by atoms with Crippen LogP contribution in [0.1, 0.15) is 0 Å². The van der Waals surface area contributed by atoms with Crippen LogP contribution in [0.2, 0.25) is 0 Å². The van der Waals surface area contributed by atoms with E-state index in [0.717, 1.165) is 95.3 Å². The van der Waals surface area contributed by atoms with Gasteiger partial charge in [0.25, 0.3) is 0 Å². The SMILES string of the molecule is c1ccc(-c2cc(-c3ccc(-c4cccnc4)nc3)nc(-c3ccc4c(c3)-c3ccccc3Oc3ccccc3-c3ccccc3-c3ccccc3-4)n2)cc1. The average Bonchev–Trinajstić information content (AvgIpc) is 3.28. The van der Waals surface area contributed by atoms with E-state index in [1.54, 1.807) is 6.20 Å². The maximum Gasteiger partial charge on any atom is 0.160 e. The van der Waals surface area contributed by atoms with E-state index in [4.69, 9.17) is 19.7 Å². The van der Waals surface area contributed by atoms with Gasteiger partial charge in [-0.15, -0.1) is 0 Å². The summed E-state index contributed by atoms with van der Waals surface area (Å²) in [7, 11) is 0. The Balaban J connectivity index is 1.19. The fourth-order valence-corrected chi connectivity index (χ4v) is 7.43. The number of nitrogens with zero attached hydrogens (tertiary/aromatic N) is 4. The summed E-state index contributed by atoms with van der Waals surface area (Å²) in [6, 6.07) is 60.6. The monoisotopic (exact) mass is 704 g/mol. The Labute approximate surface area is 319 Å². The highest BCUT2D eigenvalue weighted by Crippen LogP contribution is 2.48. The van der Waals surface area contributed by atoms with Crippen molar-refractivity contribution < 1.29 is 4.74 Å². The van der Waals surface area contributed by atoms with E-state index < -0.39 is 0 Å². The van der Waals surface area contributed by atoms with Gasteiger partial charge < -0.3 is 4.74 Å². The molecule has 0 aliphatic carbocycles. The van der Waals surface area contributed by atoms with E-state index in [9.17, 15) is 0 Å². The summed E-state index contributed by atoms with van der Waals surface area (Å²) in [4.78, 5) is 19.5. The highest BCUT2D eigenvalue weighted by atomic mass is 16.5. The second-order valence-electron chi connectivity index (χ2n) is 13.4. The van der Waals surface area contributed by atoms with Gasteiger partial charge in [-0.2, -0.15) is 0 Å². The van der Waals surface area contributed by atoms with Crippen molar-refractivity contribution in [1.82, 2.24) is 19.9 Å². The Kier molecular flexibility index (Phi) is 8.08. The average molecular weight is 705 g/mol. The highest BCUT2D eigenvalue weighted by molar-refractivity contribution is 5.98. The first kappa shape index (κ1) is 32.2. The molecule has 6 aromatic carbocycles. The minimum atomic E-state index is 0.618. The van der Waals surface area contributed by atoms with Crippen LogP contribution in [0.25, 0.3) is 89.7 Å². The third-order valence-electron chi connectivity index (χ3n) is 10.1. The topological polar surface area (TPSA) is 60.8 Å². The zero-order valence-electron chi connectivity index (χ0n) is 29.7. The van der Waals surface area contributed by atoms with Crippen molar-refractivity contribution >= 4 is 0 Å². The van der Waals surface area contributed by atoms with Gasteiger partial charge in [0, 0.05) is 52.0 Å². The second-order valence-corrected chi connectivity index (χ2v) is 13.4. The molecule has 0 spiro atoms. The van der Waals surface area contributed by atoms with Crippen LogP contribution in [0.3, 0.4) is 0 Å². The Bertz CT molecular complexity index is 2840. The molecule has 5 nitrogen and oxygen atoms in total. The summed E-state index contributed by atoms with van der Waals surface area (Å²) >= 11 is 0. The van der Waals surface area contributed by atoms with E-state index >= 15 is 0 Å². The molecular formula is C50H32N4O. The van der Waals surface area contributed by atoms with Crippen molar-refractivity contribution in [3.05, 3.63) is 195 Å². The number of rotatable bonds is 4. The fourth-order valence-electron chi connectivity index (χ4n) is 7.43. The van der Waals surface area contributed by atoms with Crippen molar-refractivity contribution in [2.45, 2.75) is 0 Å². The first-order chi connectivity index (χ1) is 27.3. The third kappa shape index (κ3) is 6.04. The zero-order valence-corrected chi connectivity index (χ0v) is 29.7. The molecule has 0 atom stereocenters. The molecule has 0 N–H and O–H groups in total. The molecule has 3 aromatic heterocycles. The Morgan fingerprint density at radius 3 is 1.45 bits per heavy atom. The summed E-state index contributed by atoms with van der Waals surface area (Å²) in [6.45, 7) is 0. The molecule has 0 unspecified atom stereocenters. The maximum atomic E-state index is 6.89. The summed E-state index contributed by atoms with van der Waals surface area (Å²) in [5.74, 6) is 2.18.